The number of amides is 1. The highest BCUT2D eigenvalue weighted by atomic mass is 35.5. The first-order valence-electron chi connectivity index (χ1n) is 11.4. The van der Waals surface area contributed by atoms with Crippen molar-refractivity contribution in [3.8, 4) is 5.69 Å². The molecule has 0 spiro atoms. The third-order valence-electron chi connectivity index (χ3n) is 6.45. The molecular weight excluding hydrogens is 501 g/mol. The van der Waals surface area contributed by atoms with Crippen molar-refractivity contribution in [3.05, 3.63) is 117 Å². The summed E-state index contributed by atoms with van der Waals surface area (Å²) in [4.78, 5) is 17.9. The number of rotatable bonds is 4. The predicted molar refractivity (Wildman–Crippen MR) is 144 cm³/mol. The molecule has 1 unspecified atom stereocenters. The van der Waals surface area contributed by atoms with Crippen LogP contribution in [0.5, 0.6) is 0 Å². The van der Waals surface area contributed by atoms with Gasteiger partial charge < -0.3 is 14.4 Å². The summed E-state index contributed by atoms with van der Waals surface area (Å²) in [5, 5.41) is 1.85. The molecule has 5 rings (SSSR count). The van der Waals surface area contributed by atoms with Crippen molar-refractivity contribution in [3.63, 3.8) is 0 Å². The van der Waals surface area contributed by atoms with Gasteiger partial charge in [0.1, 0.15) is 0 Å². The number of carbonyl (C=O) groups is 1. The summed E-state index contributed by atoms with van der Waals surface area (Å²) in [6.07, 6.45) is 3.93. The third-order valence-corrected chi connectivity index (χ3v) is 7.24. The summed E-state index contributed by atoms with van der Waals surface area (Å²) in [5.74, 6) is 0.0259. The number of piperazine rings is 1. The lowest BCUT2D eigenvalue weighted by Gasteiger charge is -2.43. The molecule has 4 nitrogen and oxygen atoms in total. The predicted octanol–water partition coefficient (Wildman–Crippen LogP) is 7.45. The SMILES string of the molecule is Cc1cn(-c2ccccc2)cc1C(=O)N1CCN(c2ccc(Cl)cc2Cl)C(c2ccc(Cl)cc2)C1. The Morgan fingerprint density at radius 1 is 0.857 bits per heavy atom. The van der Waals surface area contributed by atoms with Crippen molar-refractivity contribution in [2.24, 2.45) is 0 Å². The van der Waals surface area contributed by atoms with Crippen molar-refractivity contribution in [1.82, 2.24) is 9.47 Å². The molecule has 3 aromatic carbocycles. The van der Waals surface area contributed by atoms with E-state index in [1.807, 2.05) is 95.5 Å². The van der Waals surface area contributed by atoms with E-state index in [-0.39, 0.29) is 11.9 Å². The molecule has 7 heteroatoms. The highest BCUT2D eigenvalue weighted by Crippen LogP contribution is 2.37. The first kappa shape index (κ1) is 23.8. The second-order valence-corrected chi connectivity index (χ2v) is 9.99. The second-order valence-electron chi connectivity index (χ2n) is 8.71. The first-order valence-corrected chi connectivity index (χ1v) is 12.5. The van der Waals surface area contributed by atoms with Crippen LogP contribution >= 0.6 is 34.8 Å². The van der Waals surface area contributed by atoms with Crippen molar-refractivity contribution in [2.45, 2.75) is 13.0 Å². The molecule has 1 saturated heterocycles. The molecule has 178 valence electrons. The number of aryl methyl sites for hydroxylation is 1. The second kappa shape index (κ2) is 9.98. The third kappa shape index (κ3) is 4.92. The minimum atomic E-state index is -0.0832. The lowest BCUT2D eigenvalue weighted by molar-refractivity contribution is 0.0721. The Morgan fingerprint density at radius 2 is 1.57 bits per heavy atom. The molecule has 1 aromatic heterocycles. The van der Waals surface area contributed by atoms with Gasteiger partial charge in [-0.1, -0.05) is 65.1 Å². The standard InChI is InChI=1S/C28H24Cl3N3O/c1-19-16-33(23-5-3-2-4-6-23)17-24(19)28(35)32-13-14-34(26-12-11-22(30)15-25(26)31)27(18-32)20-7-9-21(29)10-8-20/h2-12,15-17,27H,13-14,18H2,1H3. The molecule has 1 aliphatic rings. The van der Waals surface area contributed by atoms with E-state index in [1.54, 1.807) is 6.07 Å². The van der Waals surface area contributed by atoms with E-state index in [4.69, 9.17) is 34.8 Å². The van der Waals surface area contributed by atoms with Gasteiger partial charge >= 0.3 is 0 Å². The molecule has 0 saturated carbocycles. The Morgan fingerprint density at radius 3 is 2.29 bits per heavy atom. The summed E-state index contributed by atoms with van der Waals surface area (Å²) in [7, 11) is 0. The van der Waals surface area contributed by atoms with Crippen LogP contribution in [-0.4, -0.2) is 35.0 Å². The molecule has 1 fully saturated rings. The number of halogens is 3. The van der Waals surface area contributed by atoms with Crippen LogP contribution in [0.3, 0.4) is 0 Å². The number of benzene rings is 3. The van der Waals surface area contributed by atoms with Gasteiger partial charge in [0.2, 0.25) is 0 Å². The molecule has 1 amide bonds. The summed E-state index contributed by atoms with van der Waals surface area (Å²) < 4.78 is 2.00. The van der Waals surface area contributed by atoms with Gasteiger partial charge in [-0.05, 0) is 60.5 Å². The monoisotopic (exact) mass is 523 g/mol. The molecular formula is C28H24Cl3N3O. The van der Waals surface area contributed by atoms with Gasteiger partial charge in [-0.25, -0.2) is 0 Å². The number of aromatic nitrogens is 1. The van der Waals surface area contributed by atoms with Gasteiger partial charge in [-0.15, -0.1) is 0 Å². The summed E-state index contributed by atoms with van der Waals surface area (Å²) in [5.41, 5.74) is 4.65. The molecule has 0 aliphatic carbocycles. The number of anilines is 1. The van der Waals surface area contributed by atoms with Gasteiger partial charge in [0.15, 0.2) is 0 Å². The van der Waals surface area contributed by atoms with Crippen LogP contribution in [-0.2, 0) is 0 Å². The van der Waals surface area contributed by atoms with Gasteiger partial charge in [-0.3, -0.25) is 4.79 Å². The zero-order valence-corrected chi connectivity index (χ0v) is 21.4. The number of hydrogen-bond acceptors (Lipinski definition) is 2. The van der Waals surface area contributed by atoms with E-state index in [0.717, 1.165) is 22.5 Å². The summed E-state index contributed by atoms with van der Waals surface area (Å²) in [6.45, 7) is 3.72. The Balaban J connectivity index is 1.46. The minimum Gasteiger partial charge on any atom is -0.360 e. The van der Waals surface area contributed by atoms with Gasteiger partial charge in [0.05, 0.1) is 22.3 Å². The molecule has 1 aliphatic heterocycles. The Kier molecular flexibility index (Phi) is 6.79. The molecule has 0 bridgehead atoms. The summed E-state index contributed by atoms with van der Waals surface area (Å²) >= 11 is 18.9. The van der Waals surface area contributed by atoms with E-state index in [1.165, 1.54) is 0 Å². The number of para-hydroxylation sites is 1. The Bertz CT molecular complexity index is 1350. The van der Waals surface area contributed by atoms with Gasteiger partial charge in [0.25, 0.3) is 5.91 Å². The quantitative estimate of drug-likeness (QED) is 0.277. The fourth-order valence-electron chi connectivity index (χ4n) is 4.64. The van der Waals surface area contributed by atoms with Crippen LogP contribution in [0.25, 0.3) is 5.69 Å². The molecule has 2 heterocycles. The van der Waals surface area contributed by atoms with E-state index in [0.29, 0.717) is 40.3 Å². The van der Waals surface area contributed by atoms with Crippen molar-refractivity contribution in [1.29, 1.82) is 0 Å². The number of carbonyl (C=O) groups excluding carboxylic acids is 1. The zero-order chi connectivity index (χ0) is 24.5. The largest absolute Gasteiger partial charge is 0.360 e. The molecule has 1 atom stereocenters. The number of hydrogen-bond donors (Lipinski definition) is 0. The maximum absolute atomic E-state index is 13.7. The van der Waals surface area contributed by atoms with E-state index in [9.17, 15) is 4.79 Å². The van der Waals surface area contributed by atoms with Crippen molar-refractivity contribution in [2.75, 3.05) is 24.5 Å². The topological polar surface area (TPSA) is 28.5 Å². The molecule has 4 aromatic rings. The van der Waals surface area contributed by atoms with Crippen LogP contribution < -0.4 is 4.90 Å². The summed E-state index contributed by atoms with van der Waals surface area (Å²) in [6, 6.07) is 23.2. The fraction of sp³-hybridized carbons (Fsp3) is 0.179. The number of nitrogens with zero attached hydrogens (tertiary/aromatic N) is 3. The van der Waals surface area contributed by atoms with Crippen molar-refractivity contribution >= 4 is 46.4 Å². The van der Waals surface area contributed by atoms with Gasteiger partial charge in [0, 0.05) is 47.8 Å². The Labute approximate surface area is 220 Å². The normalized spacial score (nSPS) is 15.9. The van der Waals surface area contributed by atoms with Crippen LogP contribution in [0.2, 0.25) is 15.1 Å². The first-order chi connectivity index (χ1) is 16.9. The van der Waals surface area contributed by atoms with E-state index >= 15 is 0 Å². The fourth-order valence-corrected chi connectivity index (χ4v) is 5.28. The average molecular weight is 525 g/mol. The zero-order valence-electron chi connectivity index (χ0n) is 19.2. The minimum absolute atomic E-state index is 0.0259. The molecule has 0 radical (unpaired) electrons. The maximum atomic E-state index is 13.7. The molecule has 35 heavy (non-hydrogen) atoms. The van der Waals surface area contributed by atoms with Gasteiger partial charge in [-0.2, -0.15) is 0 Å². The van der Waals surface area contributed by atoms with E-state index < -0.39 is 0 Å². The highest BCUT2D eigenvalue weighted by molar-refractivity contribution is 6.36. The van der Waals surface area contributed by atoms with Crippen molar-refractivity contribution < 1.29 is 4.79 Å². The van der Waals surface area contributed by atoms with Crippen LogP contribution in [0, 0.1) is 6.92 Å². The maximum Gasteiger partial charge on any atom is 0.255 e. The van der Waals surface area contributed by atoms with E-state index in [2.05, 4.69) is 4.90 Å². The highest BCUT2D eigenvalue weighted by Gasteiger charge is 2.33. The lowest BCUT2D eigenvalue weighted by Crippen LogP contribution is -2.50. The average Bonchev–Trinajstić information content (AvgIpc) is 3.26. The smallest absolute Gasteiger partial charge is 0.255 e. The lowest BCUT2D eigenvalue weighted by atomic mass is 10.0. The van der Waals surface area contributed by atoms with Crippen LogP contribution in [0.1, 0.15) is 27.5 Å². The Hall–Kier alpha value is -2.92. The van der Waals surface area contributed by atoms with Crippen LogP contribution in [0.4, 0.5) is 5.69 Å². The molecule has 0 N–H and O–H groups in total. The van der Waals surface area contributed by atoms with Crippen LogP contribution in [0.15, 0.2) is 85.2 Å².